The Kier molecular flexibility index (Phi) is 6.30. The normalized spacial score (nSPS) is 16.6. The van der Waals surface area contributed by atoms with Gasteiger partial charge in [-0.25, -0.2) is 5.43 Å². The molecule has 1 atom stereocenters. The molecular formula is C20H20BrN3O4. The summed E-state index contributed by atoms with van der Waals surface area (Å²) in [6.07, 6.45) is 1.84. The van der Waals surface area contributed by atoms with Crippen LogP contribution in [0.3, 0.4) is 0 Å². The first-order valence-corrected chi connectivity index (χ1v) is 9.48. The molecule has 0 radical (unpaired) electrons. The van der Waals surface area contributed by atoms with Gasteiger partial charge in [0, 0.05) is 18.9 Å². The maximum absolute atomic E-state index is 12.2. The van der Waals surface area contributed by atoms with Gasteiger partial charge in [-0.15, -0.1) is 0 Å². The van der Waals surface area contributed by atoms with Gasteiger partial charge in [0.2, 0.25) is 5.91 Å². The molecule has 0 aromatic heterocycles. The average molecular weight is 446 g/mol. The number of rotatable bonds is 6. The van der Waals surface area contributed by atoms with Gasteiger partial charge in [-0.3, -0.25) is 9.59 Å². The summed E-state index contributed by atoms with van der Waals surface area (Å²) >= 11 is 3.23. The number of carbonyl (C=O) groups is 2. The van der Waals surface area contributed by atoms with Gasteiger partial charge in [-0.2, -0.15) is 5.10 Å². The van der Waals surface area contributed by atoms with Crippen LogP contribution in [0.15, 0.2) is 52.0 Å². The molecule has 0 unspecified atom stereocenters. The lowest BCUT2D eigenvalue weighted by Crippen LogP contribution is -2.36. The SMILES string of the molecule is COc1cc(/C=N\NC(=O)CN2C[C@@H](c3ccccc3)CC2=O)cc(Br)c1O. The number of hydrazone groups is 1. The minimum absolute atomic E-state index is 0.01000. The predicted octanol–water partition coefficient (Wildman–Crippen LogP) is 2.63. The fourth-order valence-corrected chi connectivity index (χ4v) is 3.54. The Morgan fingerprint density at radius 1 is 1.39 bits per heavy atom. The smallest absolute Gasteiger partial charge is 0.259 e. The molecule has 0 spiro atoms. The fraction of sp³-hybridized carbons (Fsp3) is 0.250. The molecule has 0 aliphatic carbocycles. The lowest BCUT2D eigenvalue weighted by molar-refractivity contribution is -0.133. The highest BCUT2D eigenvalue weighted by Crippen LogP contribution is 2.34. The topological polar surface area (TPSA) is 91.2 Å². The molecule has 2 amide bonds. The van der Waals surface area contributed by atoms with Gasteiger partial charge in [-0.05, 0) is 39.2 Å². The molecule has 1 aliphatic rings. The number of carbonyl (C=O) groups excluding carboxylic acids is 2. The second-order valence-corrected chi connectivity index (χ2v) is 7.29. The first-order valence-electron chi connectivity index (χ1n) is 8.69. The van der Waals surface area contributed by atoms with Gasteiger partial charge in [0.1, 0.15) is 6.54 Å². The Morgan fingerprint density at radius 2 is 2.14 bits per heavy atom. The summed E-state index contributed by atoms with van der Waals surface area (Å²) in [5, 5.41) is 13.7. The Hall–Kier alpha value is -2.87. The number of hydrogen-bond acceptors (Lipinski definition) is 5. The number of hydrogen-bond donors (Lipinski definition) is 2. The number of methoxy groups -OCH3 is 1. The second-order valence-electron chi connectivity index (χ2n) is 6.43. The van der Waals surface area contributed by atoms with E-state index < -0.39 is 0 Å². The highest BCUT2D eigenvalue weighted by molar-refractivity contribution is 9.10. The maximum Gasteiger partial charge on any atom is 0.259 e. The number of amides is 2. The van der Waals surface area contributed by atoms with Crippen LogP contribution in [-0.2, 0) is 9.59 Å². The van der Waals surface area contributed by atoms with E-state index in [-0.39, 0.29) is 35.8 Å². The number of nitrogens with zero attached hydrogens (tertiary/aromatic N) is 2. The van der Waals surface area contributed by atoms with Gasteiger partial charge >= 0.3 is 0 Å². The lowest BCUT2D eigenvalue weighted by atomic mass is 9.99. The Labute approximate surface area is 171 Å². The molecule has 1 saturated heterocycles. The van der Waals surface area contributed by atoms with Crippen LogP contribution >= 0.6 is 15.9 Å². The number of phenolic OH excluding ortho intramolecular Hbond substituents is 1. The van der Waals surface area contributed by atoms with Crippen molar-refractivity contribution in [2.24, 2.45) is 5.10 Å². The molecule has 0 saturated carbocycles. The fourth-order valence-electron chi connectivity index (χ4n) is 3.08. The van der Waals surface area contributed by atoms with Gasteiger partial charge in [0.15, 0.2) is 11.5 Å². The monoisotopic (exact) mass is 445 g/mol. The zero-order valence-corrected chi connectivity index (χ0v) is 16.8. The highest BCUT2D eigenvalue weighted by atomic mass is 79.9. The van der Waals surface area contributed by atoms with Crippen LogP contribution in [-0.4, -0.2) is 48.2 Å². The molecular weight excluding hydrogens is 426 g/mol. The van der Waals surface area contributed by atoms with Crippen molar-refractivity contribution >= 4 is 34.0 Å². The third-order valence-electron chi connectivity index (χ3n) is 4.49. The zero-order chi connectivity index (χ0) is 20.1. The third-order valence-corrected chi connectivity index (χ3v) is 5.10. The quantitative estimate of drug-likeness (QED) is 0.527. The van der Waals surface area contributed by atoms with E-state index in [0.717, 1.165) is 5.56 Å². The number of aromatic hydroxyl groups is 1. The molecule has 2 aromatic carbocycles. The zero-order valence-electron chi connectivity index (χ0n) is 15.3. The lowest BCUT2D eigenvalue weighted by Gasteiger charge is -2.15. The summed E-state index contributed by atoms with van der Waals surface area (Å²) in [5.74, 6) is -0.0314. The number of nitrogens with one attached hydrogen (secondary N) is 1. The molecule has 1 heterocycles. The van der Waals surface area contributed by atoms with Crippen molar-refractivity contribution < 1.29 is 19.4 Å². The van der Waals surface area contributed by atoms with Crippen molar-refractivity contribution in [1.82, 2.24) is 10.3 Å². The summed E-state index contributed by atoms with van der Waals surface area (Å²) in [6.45, 7) is 0.476. The van der Waals surface area contributed by atoms with E-state index in [2.05, 4.69) is 26.5 Å². The van der Waals surface area contributed by atoms with Crippen molar-refractivity contribution in [1.29, 1.82) is 0 Å². The van der Waals surface area contributed by atoms with E-state index in [4.69, 9.17) is 4.74 Å². The first kappa shape index (κ1) is 19.9. The molecule has 8 heteroatoms. The maximum atomic E-state index is 12.2. The van der Waals surface area contributed by atoms with E-state index in [9.17, 15) is 14.7 Å². The van der Waals surface area contributed by atoms with Crippen molar-refractivity contribution in [2.45, 2.75) is 12.3 Å². The van der Waals surface area contributed by atoms with Crippen LogP contribution in [0, 0.1) is 0 Å². The molecule has 1 aliphatic heterocycles. The molecule has 7 nitrogen and oxygen atoms in total. The van der Waals surface area contributed by atoms with Crippen molar-refractivity contribution in [3.63, 3.8) is 0 Å². The molecule has 28 heavy (non-hydrogen) atoms. The van der Waals surface area contributed by atoms with E-state index in [1.165, 1.54) is 13.3 Å². The van der Waals surface area contributed by atoms with Crippen molar-refractivity contribution in [3.05, 3.63) is 58.1 Å². The third kappa shape index (κ3) is 4.69. The number of phenols is 1. The number of ether oxygens (including phenoxy) is 1. The largest absolute Gasteiger partial charge is 0.503 e. The predicted molar refractivity (Wildman–Crippen MR) is 108 cm³/mol. The molecule has 2 N–H and O–H groups in total. The standard InChI is InChI=1S/C20H20BrN3O4/c1-28-17-8-13(7-16(21)20(17)27)10-22-23-18(25)12-24-11-15(9-19(24)26)14-5-3-2-4-6-14/h2-8,10,15,27H,9,11-12H2,1H3,(H,23,25)/b22-10-/t15-/m0/s1. The van der Waals surface area contributed by atoms with Crippen LogP contribution in [0.2, 0.25) is 0 Å². The number of halogens is 1. The van der Waals surface area contributed by atoms with Gasteiger partial charge < -0.3 is 14.7 Å². The van der Waals surface area contributed by atoms with Crippen LogP contribution in [0.25, 0.3) is 0 Å². The summed E-state index contributed by atoms with van der Waals surface area (Å²) in [6, 6.07) is 13.0. The molecule has 0 bridgehead atoms. The summed E-state index contributed by atoms with van der Waals surface area (Å²) in [7, 11) is 1.44. The van der Waals surface area contributed by atoms with E-state index in [1.807, 2.05) is 30.3 Å². The van der Waals surface area contributed by atoms with Crippen LogP contribution in [0.4, 0.5) is 0 Å². The minimum atomic E-state index is -0.372. The van der Waals surface area contributed by atoms with Gasteiger partial charge in [-0.1, -0.05) is 30.3 Å². The molecule has 3 rings (SSSR count). The molecule has 146 valence electrons. The Balaban J connectivity index is 1.55. The molecule has 1 fully saturated rings. The van der Waals surface area contributed by atoms with Gasteiger partial charge in [0.25, 0.3) is 5.91 Å². The van der Waals surface area contributed by atoms with Crippen molar-refractivity contribution in [2.75, 3.05) is 20.2 Å². The first-order chi connectivity index (χ1) is 13.5. The van der Waals surface area contributed by atoms with E-state index in [0.29, 0.717) is 23.0 Å². The van der Waals surface area contributed by atoms with Crippen molar-refractivity contribution in [3.8, 4) is 11.5 Å². The minimum Gasteiger partial charge on any atom is -0.503 e. The Morgan fingerprint density at radius 3 is 2.86 bits per heavy atom. The van der Waals surface area contributed by atoms with E-state index in [1.54, 1.807) is 17.0 Å². The number of likely N-dealkylation sites (tertiary alicyclic amines) is 1. The van der Waals surface area contributed by atoms with Crippen LogP contribution < -0.4 is 10.2 Å². The van der Waals surface area contributed by atoms with Gasteiger partial charge in [0.05, 0.1) is 17.8 Å². The molecule has 2 aromatic rings. The highest BCUT2D eigenvalue weighted by Gasteiger charge is 2.31. The number of benzene rings is 2. The summed E-state index contributed by atoms with van der Waals surface area (Å²) in [4.78, 5) is 25.9. The average Bonchev–Trinajstić information content (AvgIpc) is 3.05. The summed E-state index contributed by atoms with van der Waals surface area (Å²) < 4.78 is 5.52. The summed E-state index contributed by atoms with van der Waals surface area (Å²) in [5.41, 5.74) is 4.15. The van der Waals surface area contributed by atoms with E-state index >= 15 is 0 Å². The second kappa shape index (κ2) is 8.88. The Bertz CT molecular complexity index is 902. The van der Waals surface area contributed by atoms with Crippen LogP contribution in [0.1, 0.15) is 23.5 Å². The van der Waals surface area contributed by atoms with Crippen LogP contribution in [0.5, 0.6) is 11.5 Å².